The van der Waals surface area contributed by atoms with E-state index in [9.17, 15) is 4.79 Å². The lowest BCUT2D eigenvalue weighted by molar-refractivity contribution is 0.0998. The lowest BCUT2D eigenvalue weighted by atomic mass is 10.2. The number of benzene rings is 2. The highest BCUT2D eigenvalue weighted by atomic mass is 79.9. The van der Waals surface area contributed by atoms with E-state index >= 15 is 0 Å². The second-order valence-electron chi connectivity index (χ2n) is 4.66. The van der Waals surface area contributed by atoms with E-state index in [1.165, 1.54) is 11.3 Å². The van der Waals surface area contributed by atoms with E-state index < -0.39 is 0 Å². The third-order valence-electron chi connectivity index (χ3n) is 3.25. The minimum absolute atomic E-state index is 0.243. The van der Waals surface area contributed by atoms with Crippen molar-refractivity contribution >= 4 is 55.0 Å². The fourth-order valence-electron chi connectivity index (χ4n) is 2.18. The summed E-state index contributed by atoms with van der Waals surface area (Å²) in [6.07, 6.45) is 0. The molecule has 0 radical (unpaired) electrons. The summed E-state index contributed by atoms with van der Waals surface area (Å²) in [5, 5.41) is 0.683. The first-order valence-electron chi connectivity index (χ1n) is 6.72. The number of aryl methyl sites for hydroxylation is 1. The van der Waals surface area contributed by atoms with Crippen LogP contribution in [-0.2, 0) is 6.54 Å². The Labute approximate surface area is 145 Å². The second kappa shape index (κ2) is 6.36. The molecule has 0 atom stereocenters. The van der Waals surface area contributed by atoms with Gasteiger partial charge in [-0.1, -0.05) is 38.9 Å². The van der Waals surface area contributed by atoms with E-state index in [-0.39, 0.29) is 5.91 Å². The van der Waals surface area contributed by atoms with Crippen molar-refractivity contribution in [3.05, 3.63) is 62.3 Å². The number of carbonyl (C=O) groups excluding carboxylic acids is 1. The molecule has 0 bridgehead atoms. The van der Waals surface area contributed by atoms with Crippen LogP contribution in [0.2, 0.25) is 5.02 Å². The fraction of sp³-hybridized carbons (Fsp3) is 0.125. The van der Waals surface area contributed by atoms with Crippen LogP contribution >= 0.6 is 38.9 Å². The molecule has 6 heteroatoms. The number of hydrogen-bond donors (Lipinski definition) is 0. The Hall–Kier alpha value is -1.43. The normalized spacial score (nSPS) is 12.0. The predicted octanol–water partition coefficient (Wildman–Crippen LogP) is 4.88. The van der Waals surface area contributed by atoms with Crippen LogP contribution in [0.25, 0.3) is 10.2 Å². The molecule has 0 saturated carbocycles. The molecule has 1 amide bonds. The number of carbonyl (C=O) groups is 1. The van der Waals surface area contributed by atoms with E-state index in [0.717, 1.165) is 21.2 Å². The van der Waals surface area contributed by atoms with Crippen LogP contribution in [0, 0.1) is 0 Å². The van der Waals surface area contributed by atoms with Crippen LogP contribution in [0.5, 0.6) is 0 Å². The molecule has 0 aliphatic heterocycles. The third kappa shape index (κ3) is 3.02. The first kappa shape index (κ1) is 15.5. The lowest BCUT2D eigenvalue weighted by Gasteiger charge is -2.00. The number of amides is 1. The van der Waals surface area contributed by atoms with Crippen LogP contribution < -0.4 is 4.80 Å². The molecule has 0 fully saturated rings. The van der Waals surface area contributed by atoms with Gasteiger partial charge in [0.25, 0.3) is 5.91 Å². The quantitative estimate of drug-likeness (QED) is 0.609. The average molecular weight is 396 g/mol. The summed E-state index contributed by atoms with van der Waals surface area (Å²) in [4.78, 5) is 17.3. The summed E-state index contributed by atoms with van der Waals surface area (Å²) in [6.45, 7) is 2.78. The first-order valence-corrected chi connectivity index (χ1v) is 8.70. The van der Waals surface area contributed by atoms with Gasteiger partial charge >= 0.3 is 0 Å². The number of fused-ring (bicyclic) bond motifs is 1. The fourth-order valence-corrected chi connectivity index (χ4v) is 3.81. The zero-order valence-electron chi connectivity index (χ0n) is 11.7. The Bertz CT molecular complexity index is 912. The van der Waals surface area contributed by atoms with Gasteiger partial charge in [-0.2, -0.15) is 4.99 Å². The van der Waals surface area contributed by atoms with E-state index in [1.807, 2.05) is 41.8 Å². The predicted molar refractivity (Wildman–Crippen MR) is 94.5 cm³/mol. The van der Waals surface area contributed by atoms with Gasteiger partial charge in [0.1, 0.15) is 0 Å². The molecular weight excluding hydrogens is 384 g/mol. The first-order chi connectivity index (χ1) is 10.6. The highest BCUT2D eigenvalue weighted by molar-refractivity contribution is 9.10. The maximum atomic E-state index is 12.3. The molecule has 0 aliphatic carbocycles. The van der Waals surface area contributed by atoms with Crippen molar-refractivity contribution in [2.75, 3.05) is 0 Å². The Morgan fingerprint density at radius 1 is 1.27 bits per heavy atom. The molecule has 0 spiro atoms. The molecule has 22 heavy (non-hydrogen) atoms. The molecule has 0 aliphatic rings. The van der Waals surface area contributed by atoms with Crippen LogP contribution in [0.15, 0.2) is 51.9 Å². The molecule has 2 aromatic carbocycles. The SMILES string of the molecule is CCn1c(=NC(=O)c2ccc(Br)cc2)sc2cc(Cl)ccc21. The topological polar surface area (TPSA) is 34.4 Å². The Morgan fingerprint density at radius 3 is 2.68 bits per heavy atom. The van der Waals surface area contributed by atoms with Gasteiger partial charge in [0.05, 0.1) is 10.2 Å². The van der Waals surface area contributed by atoms with Crippen molar-refractivity contribution in [3.63, 3.8) is 0 Å². The van der Waals surface area contributed by atoms with Gasteiger partial charge in [0.2, 0.25) is 0 Å². The highest BCUT2D eigenvalue weighted by Gasteiger charge is 2.08. The van der Waals surface area contributed by atoms with E-state index in [0.29, 0.717) is 15.4 Å². The average Bonchev–Trinajstić information content (AvgIpc) is 2.83. The zero-order valence-corrected chi connectivity index (χ0v) is 14.9. The van der Waals surface area contributed by atoms with Crippen molar-refractivity contribution < 1.29 is 4.79 Å². The molecular formula is C16H12BrClN2OS. The Kier molecular flexibility index (Phi) is 4.47. The summed E-state index contributed by atoms with van der Waals surface area (Å²) in [6, 6.07) is 12.9. The summed E-state index contributed by atoms with van der Waals surface area (Å²) >= 11 is 10.9. The lowest BCUT2D eigenvalue weighted by Crippen LogP contribution is -2.15. The number of hydrogen-bond acceptors (Lipinski definition) is 2. The zero-order chi connectivity index (χ0) is 15.7. The molecule has 3 rings (SSSR count). The molecule has 0 unspecified atom stereocenters. The van der Waals surface area contributed by atoms with Gasteiger partial charge in [-0.3, -0.25) is 4.79 Å². The summed E-state index contributed by atoms with van der Waals surface area (Å²) in [7, 11) is 0. The summed E-state index contributed by atoms with van der Waals surface area (Å²) in [5.74, 6) is -0.243. The van der Waals surface area contributed by atoms with Crippen LogP contribution in [0.4, 0.5) is 0 Å². The standard InChI is InChI=1S/C16H12BrClN2OS/c1-2-20-13-8-7-12(18)9-14(13)22-16(20)19-15(21)10-3-5-11(17)6-4-10/h3-9H,2H2,1H3. The van der Waals surface area contributed by atoms with Crippen molar-refractivity contribution in [1.82, 2.24) is 4.57 Å². The maximum absolute atomic E-state index is 12.3. The van der Waals surface area contributed by atoms with Crippen LogP contribution in [-0.4, -0.2) is 10.5 Å². The van der Waals surface area contributed by atoms with E-state index in [1.54, 1.807) is 12.1 Å². The number of nitrogens with zero attached hydrogens (tertiary/aromatic N) is 2. The van der Waals surface area contributed by atoms with E-state index in [2.05, 4.69) is 20.9 Å². The summed E-state index contributed by atoms with van der Waals surface area (Å²) in [5.41, 5.74) is 1.61. The molecule has 0 saturated heterocycles. The van der Waals surface area contributed by atoms with Gasteiger partial charge < -0.3 is 4.57 Å². The van der Waals surface area contributed by atoms with Crippen molar-refractivity contribution in [2.24, 2.45) is 4.99 Å². The monoisotopic (exact) mass is 394 g/mol. The van der Waals surface area contributed by atoms with Gasteiger partial charge in [0, 0.05) is 21.6 Å². The van der Waals surface area contributed by atoms with E-state index in [4.69, 9.17) is 11.6 Å². The van der Waals surface area contributed by atoms with Gasteiger partial charge in [-0.25, -0.2) is 0 Å². The molecule has 0 N–H and O–H groups in total. The van der Waals surface area contributed by atoms with Gasteiger partial charge in [0.15, 0.2) is 4.80 Å². The van der Waals surface area contributed by atoms with Crippen LogP contribution in [0.1, 0.15) is 17.3 Å². The van der Waals surface area contributed by atoms with Gasteiger partial charge in [-0.05, 0) is 49.4 Å². The minimum atomic E-state index is -0.243. The highest BCUT2D eigenvalue weighted by Crippen LogP contribution is 2.22. The third-order valence-corrected chi connectivity index (χ3v) is 5.05. The van der Waals surface area contributed by atoms with Crippen LogP contribution in [0.3, 0.4) is 0 Å². The number of aromatic nitrogens is 1. The number of thiazole rings is 1. The molecule has 1 heterocycles. The van der Waals surface area contributed by atoms with Crippen molar-refractivity contribution in [1.29, 1.82) is 0 Å². The molecule has 3 aromatic rings. The minimum Gasteiger partial charge on any atom is -0.317 e. The molecule has 112 valence electrons. The summed E-state index contributed by atoms with van der Waals surface area (Å²) < 4.78 is 3.98. The number of rotatable bonds is 2. The molecule has 1 aromatic heterocycles. The second-order valence-corrected chi connectivity index (χ2v) is 7.03. The number of halogens is 2. The molecule has 3 nitrogen and oxygen atoms in total. The van der Waals surface area contributed by atoms with Crippen molar-refractivity contribution in [2.45, 2.75) is 13.5 Å². The largest absolute Gasteiger partial charge is 0.317 e. The van der Waals surface area contributed by atoms with Gasteiger partial charge in [-0.15, -0.1) is 0 Å². The maximum Gasteiger partial charge on any atom is 0.279 e. The smallest absolute Gasteiger partial charge is 0.279 e. The Morgan fingerprint density at radius 2 is 2.00 bits per heavy atom. The van der Waals surface area contributed by atoms with Crippen molar-refractivity contribution in [3.8, 4) is 0 Å². The Balaban J connectivity index is 2.12.